The Bertz CT molecular complexity index is 744. The Morgan fingerprint density at radius 1 is 1.19 bits per heavy atom. The van der Waals surface area contributed by atoms with Crippen molar-refractivity contribution in [2.24, 2.45) is 0 Å². The minimum atomic E-state index is 0.0742. The number of nitrogens with one attached hydrogen (secondary N) is 1. The van der Waals surface area contributed by atoms with Gasteiger partial charge in [0.05, 0.1) is 12.6 Å². The number of fused-ring (bicyclic) bond motifs is 1. The molecular weight excluding hydrogens is 324 g/mol. The van der Waals surface area contributed by atoms with Gasteiger partial charge in [-0.05, 0) is 56.0 Å². The number of ether oxygens (including phenoxy) is 1. The van der Waals surface area contributed by atoms with Gasteiger partial charge < -0.3 is 10.1 Å². The Morgan fingerprint density at radius 2 is 1.96 bits per heavy atom. The second-order valence-electron chi connectivity index (χ2n) is 7.06. The topological polar surface area (TPSA) is 41.6 Å². The number of carbonyl (C=O) groups excluding carboxylic acids is 1. The second-order valence-corrected chi connectivity index (χ2v) is 7.06. The van der Waals surface area contributed by atoms with Crippen LogP contribution < -0.4 is 10.1 Å². The molecule has 1 amide bonds. The van der Waals surface area contributed by atoms with Crippen molar-refractivity contribution in [3.05, 3.63) is 65.2 Å². The van der Waals surface area contributed by atoms with Crippen molar-refractivity contribution in [1.82, 2.24) is 10.2 Å². The Hall–Kier alpha value is -2.33. The predicted octanol–water partition coefficient (Wildman–Crippen LogP) is 3.50. The lowest BCUT2D eigenvalue weighted by Crippen LogP contribution is -2.39. The highest BCUT2D eigenvalue weighted by molar-refractivity contribution is 5.78. The monoisotopic (exact) mass is 352 g/mol. The largest absolute Gasteiger partial charge is 0.492 e. The molecule has 0 spiro atoms. The van der Waals surface area contributed by atoms with Crippen molar-refractivity contribution in [3.8, 4) is 5.75 Å². The van der Waals surface area contributed by atoms with Gasteiger partial charge in [-0.3, -0.25) is 9.69 Å². The highest BCUT2D eigenvalue weighted by atomic mass is 16.5. The maximum Gasteiger partial charge on any atom is 0.234 e. The number of likely N-dealkylation sites (N-methyl/N-ethyl adjacent to an activating group) is 1. The molecule has 1 unspecified atom stereocenters. The van der Waals surface area contributed by atoms with Gasteiger partial charge in [0, 0.05) is 6.54 Å². The van der Waals surface area contributed by atoms with Crippen molar-refractivity contribution in [2.45, 2.75) is 32.2 Å². The zero-order chi connectivity index (χ0) is 18.4. The summed E-state index contributed by atoms with van der Waals surface area (Å²) in [6.45, 7) is 3.70. The van der Waals surface area contributed by atoms with Gasteiger partial charge in [0.25, 0.3) is 0 Å². The Balaban J connectivity index is 1.44. The zero-order valence-electron chi connectivity index (χ0n) is 15.7. The third-order valence-electron chi connectivity index (χ3n) is 4.94. The number of para-hydroxylation sites is 1. The molecule has 138 valence electrons. The third kappa shape index (κ3) is 4.85. The van der Waals surface area contributed by atoms with Crippen LogP contribution in [0.25, 0.3) is 0 Å². The number of aryl methyl sites for hydroxylation is 2. The fourth-order valence-corrected chi connectivity index (χ4v) is 3.50. The van der Waals surface area contributed by atoms with Crippen LogP contribution in [0, 0.1) is 6.92 Å². The van der Waals surface area contributed by atoms with Crippen LogP contribution in [0.2, 0.25) is 0 Å². The summed E-state index contributed by atoms with van der Waals surface area (Å²) in [5, 5.41) is 3.20. The lowest BCUT2D eigenvalue weighted by Gasteiger charge is -2.27. The molecule has 0 fully saturated rings. The smallest absolute Gasteiger partial charge is 0.234 e. The molecule has 0 heterocycles. The van der Waals surface area contributed by atoms with Crippen LogP contribution in [0.3, 0.4) is 0 Å². The summed E-state index contributed by atoms with van der Waals surface area (Å²) in [5.74, 6) is 0.981. The van der Waals surface area contributed by atoms with E-state index in [2.05, 4.69) is 29.6 Å². The summed E-state index contributed by atoms with van der Waals surface area (Å²) in [5.41, 5.74) is 3.77. The molecule has 3 rings (SSSR count). The van der Waals surface area contributed by atoms with Gasteiger partial charge in [-0.25, -0.2) is 0 Å². The number of nitrogens with zero attached hydrogens (tertiary/aromatic N) is 1. The van der Waals surface area contributed by atoms with Gasteiger partial charge in [0.15, 0.2) is 0 Å². The summed E-state index contributed by atoms with van der Waals surface area (Å²) in [6, 6.07) is 16.6. The van der Waals surface area contributed by atoms with Crippen LogP contribution in [0.5, 0.6) is 5.75 Å². The minimum Gasteiger partial charge on any atom is -0.492 e. The molecule has 0 aromatic heterocycles. The number of benzene rings is 2. The number of hydrogen-bond donors (Lipinski definition) is 1. The van der Waals surface area contributed by atoms with E-state index in [4.69, 9.17) is 4.74 Å². The van der Waals surface area contributed by atoms with Crippen LogP contribution in [0.1, 0.15) is 35.6 Å². The number of hydrogen-bond acceptors (Lipinski definition) is 3. The quantitative estimate of drug-likeness (QED) is 0.829. The number of rotatable bonds is 7. The summed E-state index contributed by atoms with van der Waals surface area (Å²) >= 11 is 0. The fourth-order valence-electron chi connectivity index (χ4n) is 3.50. The van der Waals surface area contributed by atoms with Gasteiger partial charge in [0.1, 0.15) is 12.4 Å². The molecule has 0 radical (unpaired) electrons. The van der Waals surface area contributed by atoms with Crippen LogP contribution in [-0.2, 0) is 11.2 Å². The molecule has 2 aromatic carbocycles. The maximum atomic E-state index is 12.4. The highest BCUT2D eigenvalue weighted by Gasteiger charge is 2.21. The van der Waals surface area contributed by atoms with E-state index in [9.17, 15) is 4.79 Å². The van der Waals surface area contributed by atoms with E-state index in [1.54, 1.807) is 0 Å². The van der Waals surface area contributed by atoms with Crippen molar-refractivity contribution >= 4 is 5.91 Å². The molecule has 2 aromatic rings. The molecule has 4 heteroatoms. The number of carbonyl (C=O) groups is 1. The lowest BCUT2D eigenvalue weighted by atomic mass is 9.88. The third-order valence-corrected chi connectivity index (χ3v) is 4.94. The lowest BCUT2D eigenvalue weighted by molar-refractivity contribution is -0.122. The van der Waals surface area contributed by atoms with Crippen LogP contribution in [0.15, 0.2) is 48.5 Å². The standard InChI is InChI=1S/C22H28N2O2/c1-17-8-3-6-13-21(17)26-15-14-24(2)16-22(25)23-20-12-7-10-18-9-4-5-11-19(18)20/h3-6,8-9,11,13,20H,7,10,12,14-16H2,1-2H3,(H,23,25). The van der Waals surface area contributed by atoms with Gasteiger partial charge in [-0.15, -0.1) is 0 Å². The average Bonchev–Trinajstić information content (AvgIpc) is 2.63. The minimum absolute atomic E-state index is 0.0742. The van der Waals surface area contributed by atoms with Gasteiger partial charge in [-0.2, -0.15) is 0 Å². The highest BCUT2D eigenvalue weighted by Crippen LogP contribution is 2.29. The van der Waals surface area contributed by atoms with Crippen LogP contribution >= 0.6 is 0 Å². The van der Waals surface area contributed by atoms with Crippen molar-refractivity contribution in [3.63, 3.8) is 0 Å². The van der Waals surface area contributed by atoms with E-state index in [0.717, 1.165) is 30.6 Å². The van der Waals surface area contributed by atoms with Crippen LogP contribution in [0.4, 0.5) is 0 Å². The van der Waals surface area contributed by atoms with E-state index in [0.29, 0.717) is 19.7 Å². The van der Waals surface area contributed by atoms with E-state index in [1.807, 2.05) is 43.1 Å². The fraction of sp³-hybridized carbons (Fsp3) is 0.409. The second kappa shape index (κ2) is 8.86. The van der Waals surface area contributed by atoms with E-state index in [-0.39, 0.29) is 11.9 Å². The van der Waals surface area contributed by atoms with Crippen LogP contribution in [-0.4, -0.2) is 37.6 Å². The normalized spacial score (nSPS) is 16.2. The molecule has 0 bridgehead atoms. The summed E-state index contributed by atoms with van der Waals surface area (Å²) < 4.78 is 5.81. The van der Waals surface area contributed by atoms with E-state index < -0.39 is 0 Å². The average molecular weight is 352 g/mol. The first-order chi connectivity index (χ1) is 12.6. The zero-order valence-corrected chi connectivity index (χ0v) is 15.7. The van der Waals surface area contributed by atoms with Crippen molar-refractivity contribution in [2.75, 3.05) is 26.7 Å². The van der Waals surface area contributed by atoms with Crippen molar-refractivity contribution < 1.29 is 9.53 Å². The van der Waals surface area contributed by atoms with Gasteiger partial charge in [-0.1, -0.05) is 42.5 Å². The first-order valence-corrected chi connectivity index (χ1v) is 9.37. The molecular formula is C22H28N2O2. The molecule has 1 aliphatic rings. The maximum absolute atomic E-state index is 12.4. The number of amides is 1. The Labute approximate surface area is 156 Å². The summed E-state index contributed by atoms with van der Waals surface area (Å²) in [4.78, 5) is 14.4. The van der Waals surface area contributed by atoms with E-state index in [1.165, 1.54) is 11.1 Å². The summed E-state index contributed by atoms with van der Waals surface area (Å²) in [7, 11) is 1.95. The van der Waals surface area contributed by atoms with E-state index >= 15 is 0 Å². The first kappa shape index (κ1) is 18.5. The molecule has 1 atom stereocenters. The summed E-state index contributed by atoms with van der Waals surface area (Å²) in [6.07, 6.45) is 3.25. The van der Waals surface area contributed by atoms with Gasteiger partial charge >= 0.3 is 0 Å². The molecule has 26 heavy (non-hydrogen) atoms. The van der Waals surface area contributed by atoms with Crippen molar-refractivity contribution in [1.29, 1.82) is 0 Å². The van der Waals surface area contributed by atoms with Gasteiger partial charge in [0.2, 0.25) is 5.91 Å². The molecule has 1 N–H and O–H groups in total. The molecule has 1 aliphatic carbocycles. The first-order valence-electron chi connectivity index (χ1n) is 9.37. The SMILES string of the molecule is Cc1ccccc1OCCN(C)CC(=O)NC1CCCc2ccccc21. The molecule has 0 saturated heterocycles. The Morgan fingerprint density at radius 3 is 2.81 bits per heavy atom. The molecule has 0 aliphatic heterocycles. The molecule has 4 nitrogen and oxygen atoms in total. The Kier molecular flexibility index (Phi) is 6.29. The predicted molar refractivity (Wildman–Crippen MR) is 104 cm³/mol. The molecule has 0 saturated carbocycles.